The molecule has 0 radical (unpaired) electrons. The molecule has 0 rings (SSSR count). The Balaban J connectivity index is 0. The number of hydrogen-bond acceptors (Lipinski definition) is 0. The average molecular weight is 856 g/mol. The summed E-state index contributed by atoms with van der Waals surface area (Å²) in [7, 11) is -0.526. The van der Waals surface area contributed by atoms with Crippen molar-refractivity contribution in [1.29, 1.82) is 0 Å². The zero-order valence-corrected chi connectivity index (χ0v) is 43.2. The van der Waals surface area contributed by atoms with Crippen molar-refractivity contribution < 1.29 is 12.4 Å². The molecule has 0 amide bonds. The summed E-state index contributed by atoms with van der Waals surface area (Å²) in [4.78, 5) is 0. The standard InChI is InChI=1S/C56H116P.ClH/c1-5-6-7-8-9-10-11-12-13-14-15-16-17-18-19-20-21-22-23-24-25-26-27-28-29-30-31-32-33-34-35-36-37-38-39-40-41-42-43-44-45-46-47-48-49-50-51-52-53-54-55-56-57(2,3)4;/h5-56H2,1-4H3;1H/q+1;/p-1. The molecule has 0 saturated heterocycles. The van der Waals surface area contributed by atoms with E-state index in [1.807, 2.05) is 0 Å². The monoisotopic (exact) mass is 855 g/mol. The highest BCUT2D eigenvalue weighted by Crippen LogP contribution is 2.47. The van der Waals surface area contributed by atoms with E-state index >= 15 is 0 Å². The van der Waals surface area contributed by atoms with Crippen LogP contribution in [-0.2, 0) is 0 Å². The minimum atomic E-state index is -0.526. The molecule has 0 aliphatic carbocycles. The number of unbranched alkanes of at least 4 members (excludes halogenated alkanes) is 50. The molecule has 352 valence electrons. The summed E-state index contributed by atoms with van der Waals surface area (Å²) in [6.45, 7) is 9.77. The molecule has 0 N–H and O–H groups in total. The maximum Gasteiger partial charge on any atom is 0.0586 e. The van der Waals surface area contributed by atoms with Gasteiger partial charge in [-0.2, -0.15) is 0 Å². The third kappa shape index (κ3) is 58.8. The second-order valence-corrected chi connectivity index (χ2v) is 25.7. The second-order valence-electron chi connectivity index (χ2n) is 20.7. The van der Waals surface area contributed by atoms with Gasteiger partial charge in [-0.05, 0) is 12.8 Å². The van der Waals surface area contributed by atoms with E-state index in [-0.39, 0.29) is 12.4 Å². The molecule has 58 heavy (non-hydrogen) atoms. The van der Waals surface area contributed by atoms with Crippen LogP contribution >= 0.6 is 7.26 Å². The Labute approximate surface area is 378 Å². The first-order valence-corrected chi connectivity index (χ1v) is 31.2. The lowest BCUT2D eigenvalue weighted by Crippen LogP contribution is -3.00. The third-order valence-corrected chi connectivity index (χ3v) is 15.1. The van der Waals surface area contributed by atoms with E-state index in [0.717, 1.165) is 0 Å². The lowest BCUT2D eigenvalue weighted by Gasteiger charge is -2.10. The summed E-state index contributed by atoms with van der Waals surface area (Å²) in [5.41, 5.74) is 0. The molecule has 0 fully saturated rings. The summed E-state index contributed by atoms with van der Waals surface area (Å²) < 4.78 is 0. The molecule has 0 unspecified atom stereocenters. The Morgan fingerprint density at radius 2 is 0.276 bits per heavy atom. The van der Waals surface area contributed by atoms with Gasteiger partial charge >= 0.3 is 0 Å². The topological polar surface area (TPSA) is 0 Å². The van der Waals surface area contributed by atoms with Crippen LogP contribution in [0.2, 0.25) is 0 Å². The maximum atomic E-state index is 2.49. The Morgan fingerprint density at radius 3 is 0.379 bits per heavy atom. The van der Waals surface area contributed by atoms with Gasteiger partial charge < -0.3 is 12.4 Å². The van der Waals surface area contributed by atoms with Crippen molar-refractivity contribution in [3.8, 4) is 0 Å². The van der Waals surface area contributed by atoms with E-state index in [1.54, 1.807) is 0 Å². The molecule has 0 nitrogen and oxygen atoms in total. The molecule has 0 aromatic heterocycles. The number of rotatable bonds is 52. The van der Waals surface area contributed by atoms with E-state index in [9.17, 15) is 0 Å². The van der Waals surface area contributed by atoms with Crippen LogP contribution in [0.25, 0.3) is 0 Å². The normalized spacial score (nSPS) is 11.8. The first-order valence-electron chi connectivity index (χ1n) is 27.9. The van der Waals surface area contributed by atoms with Gasteiger partial charge in [0.1, 0.15) is 0 Å². The molecule has 0 aliphatic heterocycles. The zero-order chi connectivity index (χ0) is 41.3. The SMILES string of the molecule is CCCCCCCCCCCCCCCCCCCCCCCCCCCCCCCCCCCCCCCCCCCCCCCCCCCCC[P+](C)(C)C.[Cl-]. The summed E-state index contributed by atoms with van der Waals surface area (Å²) >= 11 is 0. The van der Waals surface area contributed by atoms with Gasteiger partial charge in [0, 0.05) is 27.3 Å². The molecule has 0 aromatic carbocycles. The fourth-order valence-corrected chi connectivity index (χ4v) is 10.5. The predicted octanol–water partition coefficient (Wildman–Crippen LogP) is 18.8. The van der Waals surface area contributed by atoms with Crippen molar-refractivity contribution in [3.63, 3.8) is 0 Å². The van der Waals surface area contributed by atoms with Crippen molar-refractivity contribution >= 4 is 7.26 Å². The number of hydrogen-bond donors (Lipinski definition) is 0. The minimum Gasteiger partial charge on any atom is -1.00 e. The highest BCUT2D eigenvalue weighted by Gasteiger charge is 2.15. The van der Waals surface area contributed by atoms with Crippen molar-refractivity contribution in [2.45, 2.75) is 334 Å². The minimum absolute atomic E-state index is 0. The summed E-state index contributed by atoms with van der Waals surface area (Å²) in [6.07, 6.45) is 77.6. The largest absolute Gasteiger partial charge is 1.00 e. The van der Waals surface area contributed by atoms with E-state index < -0.39 is 7.26 Å². The Morgan fingerprint density at radius 1 is 0.172 bits per heavy atom. The van der Waals surface area contributed by atoms with Crippen molar-refractivity contribution in [3.05, 3.63) is 0 Å². The molecular weight excluding hydrogens is 739 g/mol. The van der Waals surface area contributed by atoms with Crippen LogP contribution in [0.4, 0.5) is 0 Å². The smallest absolute Gasteiger partial charge is 0.0586 e. The van der Waals surface area contributed by atoms with Gasteiger partial charge in [-0.1, -0.05) is 322 Å². The van der Waals surface area contributed by atoms with E-state index in [4.69, 9.17) is 0 Å². The maximum absolute atomic E-state index is 2.49. The van der Waals surface area contributed by atoms with Crippen LogP contribution < -0.4 is 12.4 Å². The highest BCUT2D eigenvalue weighted by atomic mass is 35.5. The van der Waals surface area contributed by atoms with Crippen LogP contribution in [0.15, 0.2) is 0 Å². The van der Waals surface area contributed by atoms with Gasteiger partial charge in [0.25, 0.3) is 0 Å². The highest BCUT2D eigenvalue weighted by molar-refractivity contribution is 7.73. The lowest BCUT2D eigenvalue weighted by molar-refractivity contribution is -0.0000129. The first-order chi connectivity index (χ1) is 28.1. The lowest BCUT2D eigenvalue weighted by atomic mass is 10.0. The van der Waals surface area contributed by atoms with E-state index in [1.165, 1.54) is 334 Å². The molecule has 2 heteroatoms. The first kappa shape index (κ1) is 60.8. The second kappa shape index (κ2) is 53.9. The van der Waals surface area contributed by atoms with Gasteiger partial charge in [0.05, 0.1) is 6.16 Å². The zero-order valence-electron chi connectivity index (χ0n) is 41.6. The molecular formula is C56H116ClP. The molecule has 0 aromatic rings. The fourth-order valence-electron chi connectivity index (χ4n) is 9.32. The molecule has 0 spiro atoms. The van der Waals surface area contributed by atoms with E-state index in [0.29, 0.717) is 0 Å². The third-order valence-electron chi connectivity index (χ3n) is 13.4. The van der Waals surface area contributed by atoms with Crippen molar-refractivity contribution in [1.82, 2.24) is 0 Å². The summed E-state index contributed by atoms with van der Waals surface area (Å²) in [5.74, 6) is 0. The Kier molecular flexibility index (Phi) is 56.5. The van der Waals surface area contributed by atoms with Gasteiger partial charge in [-0.3, -0.25) is 0 Å². The molecule has 0 atom stereocenters. The summed E-state index contributed by atoms with van der Waals surface area (Å²) in [6, 6.07) is 0. The Hall–Kier alpha value is 0.720. The fraction of sp³-hybridized carbons (Fsp3) is 1.00. The van der Waals surface area contributed by atoms with Crippen LogP contribution in [0.3, 0.4) is 0 Å². The molecule has 0 aliphatic rings. The Bertz CT molecular complexity index is 685. The molecule has 0 heterocycles. The number of halogens is 1. The van der Waals surface area contributed by atoms with Crippen molar-refractivity contribution in [2.24, 2.45) is 0 Å². The summed E-state index contributed by atoms with van der Waals surface area (Å²) in [5, 5.41) is 0. The molecule has 0 saturated carbocycles. The average Bonchev–Trinajstić information content (AvgIpc) is 3.19. The van der Waals surface area contributed by atoms with Crippen LogP contribution in [0, 0.1) is 0 Å². The van der Waals surface area contributed by atoms with Crippen LogP contribution in [-0.4, -0.2) is 26.2 Å². The van der Waals surface area contributed by atoms with Crippen molar-refractivity contribution in [2.75, 3.05) is 26.2 Å². The quantitative estimate of drug-likeness (QED) is 0.0422. The molecule has 0 bridgehead atoms. The van der Waals surface area contributed by atoms with Gasteiger partial charge in [-0.15, -0.1) is 0 Å². The van der Waals surface area contributed by atoms with Gasteiger partial charge in [0.2, 0.25) is 0 Å². The van der Waals surface area contributed by atoms with Crippen LogP contribution in [0.1, 0.15) is 334 Å². The van der Waals surface area contributed by atoms with Crippen LogP contribution in [0.5, 0.6) is 0 Å². The van der Waals surface area contributed by atoms with Gasteiger partial charge in [0.15, 0.2) is 0 Å². The van der Waals surface area contributed by atoms with E-state index in [2.05, 4.69) is 26.9 Å². The van der Waals surface area contributed by atoms with Gasteiger partial charge in [-0.25, -0.2) is 0 Å². The predicted molar refractivity (Wildman–Crippen MR) is 271 cm³/mol.